The molecule has 4 nitrogen and oxygen atoms in total. The minimum absolute atomic E-state index is 0.259. The van der Waals surface area contributed by atoms with E-state index in [9.17, 15) is 0 Å². The van der Waals surface area contributed by atoms with Crippen molar-refractivity contribution in [3.8, 4) is 23.0 Å². The summed E-state index contributed by atoms with van der Waals surface area (Å²) in [6.07, 6.45) is 0. The van der Waals surface area contributed by atoms with Gasteiger partial charge in [-0.25, -0.2) is 0 Å². The van der Waals surface area contributed by atoms with Crippen LogP contribution in [0, 0.1) is 0 Å². The number of halogens is 1. The normalized spacial score (nSPS) is 12.5. The van der Waals surface area contributed by atoms with Crippen molar-refractivity contribution in [1.82, 2.24) is 0 Å². The molecule has 0 spiro atoms. The lowest BCUT2D eigenvalue weighted by atomic mass is 10.2. The maximum atomic E-state index is 5.78. The van der Waals surface area contributed by atoms with Gasteiger partial charge in [0.25, 0.3) is 0 Å². The lowest BCUT2D eigenvalue weighted by Crippen LogP contribution is -1.97. The van der Waals surface area contributed by atoms with Gasteiger partial charge in [0.05, 0.1) is 0 Å². The number of fused-ring (bicyclic) bond motifs is 1. The van der Waals surface area contributed by atoms with Crippen LogP contribution in [0.1, 0.15) is 5.56 Å². The highest BCUT2D eigenvalue weighted by Crippen LogP contribution is 2.37. The molecule has 0 fully saturated rings. The molecule has 0 bridgehead atoms. The number of nitrogens with two attached hydrogens (primary N) is 1. The third-order valence-electron chi connectivity index (χ3n) is 2.82. The van der Waals surface area contributed by atoms with Crippen molar-refractivity contribution in [2.75, 3.05) is 6.79 Å². The van der Waals surface area contributed by atoms with Crippen LogP contribution >= 0.6 is 15.9 Å². The first kappa shape index (κ1) is 12.3. The summed E-state index contributed by atoms with van der Waals surface area (Å²) in [6, 6.07) is 11.2. The fraction of sp³-hybridized carbons (Fsp3) is 0.143. The Morgan fingerprint density at radius 2 is 1.79 bits per heavy atom. The Morgan fingerprint density at radius 1 is 1.05 bits per heavy atom. The van der Waals surface area contributed by atoms with Gasteiger partial charge in [0, 0.05) is 17.1 Å². The van der Waals surface area contributed by atoms with Gasteiger partial charge in [-0.3, -0.25) is 0 Å². The molecule has 2 aromatic carbocycles. The predicted octanol–water partition coefficient (Wildman–Crippen LogP) is 3.43. The predicted molar refractivity (Wildman–Crippen MR) is 74.7 cm³/mol. The lowest BCUT2D eigenvalue weighted by Gasteiger charge is -2.08. The average Bonchev–Trinajstić information content (AvgIpc) is 2.86. The molecule has 2 aromatic rings. The van der Waals surface area contributed by atoms with E-state index in [0.29, 0.717) is 18.0 Å². The summed E-state index contributed by atoms with van der Waals surface area (Å²) < 4.78 is 17.3. The molecule has 0 unspecified atom stereocenters. The molecule has 0 aliphatic carbocycles. The van der Waals surface area contributed by atoms with Gasteiger partial charge >= 0.3 is 0 Å². The monoisotopic (exact) mass is 321 g/mol. The topological polar surface area (TPSA) is 53.7 Å². The Balaban J connectivity index is 1.83. The molecule has 0 radical (unpaired) electrons. The molecule has 0 amide bonds. The van der Waals surface area contributed by atoms with Gasteiger partial charge in [-0.15, -0.1) is 0 Å². The Hall–Kier alpha value is -1.72. The maximum absolute atomic E-state index is 5.78. The van der Waals surface area contributed by atoms with Gasteiger partial charge in [-0.05, 0) is 29.8 Å². The third kappa shape index (κ3) is 2.52. The van der Waals surface area contributed by atoms with Crippen molar-refractivity contribution in [3.63, 3.8) is 0 Å². The first-order valence-electron chi connectivity index (χ1n) is 5.82. The van der Waals surface area contributed by atoms with Crippen molar-refractivity contribution < 1.29 is 14.2 Å². The molecule has 1 heterocycles. The Labute approximate surface area is 119 Å². The van der Waals surface area contributed by atoms with Gasteiger partial charge < -0.3 is 19.9 Å². The zero-order valence-electron chi connectivity index (χ0n) is 10.1. The van der Waals surface area contributed by atoms with Crippen LogP contribution in [0.3, 0.4) is 0 Å². The molecule has 98 valence electrons. The molecule has 0 aromatic heterocycles. The number of benzene rings is 2. The van der Waals surface area contributed by atoms with Crippen LogP contribution in [0.25, 0.3) is 0 Å². The number of hydrogen-bond donors (Lipinski definition) is 1. The van der Waals surface area contributed by atoms with Gasteiger partial charge in [0.15, 0.2) is 11.5 Å². The molecule has 1 aliphatic heterocycles. The molecule has 19 heavy (non-hydrogen) atoms. The maximum Gasteiger partial charge on any atom is 0.231 e. The van der Waals surface area contributed by atoms with Crippen LogP contribution in [0.5, 0.6) is 23.0 Å². The summed E-state index contributed by atoms with van der Waals surface area (Å²) in [5, 5.41) is 0. The highest BCUT2D eigenvalue weighted by atomic mass is 79.9. The Morgan fingerprint density at radius 3 is 2.58 bits per heavy atom. The average molecular weight is 322 g/mol. The highest BCUT2D eigenvalue weighted by molar-refractivity contribution is 9.10. The van der Waals surface area contributed by atoms with E-state index in [0.717, 1.165) is 21.5 Å². The van der Waals surface area contributed by atoms with E-state index in [1.165, 1.54) is 0 Å². The van der Waals surface area contributed by atoms with E-state index in [2.05, 4.69) is 15.9 Å². The molecule has 1 aliphatic rings. The van der Waals surface area contributed by atoms with Crippen LogP contribution in [0.2, 0.25) is 0 Å². The summed E-state index contributed by atoms with van der Waals surface area (Å²) in [7, 11) is 0. The molecule has 3 rings (SSSR count). The van der Waals surface area contributed by atoms with E-state index in [1.54, 1.807) is 0 Å². The zero-order chi connectivity index (χ0) is 13.2. The SMILES string of the molecule is NCc1ccc(Oc2ccc3c(c2)OCO3)cc1Br. The van der Waals surface area contributed by atoms with Crippen LogP contribution in [0.4, 0.5) is 0 Å². The van der Waals surface area contributed by atoms with E-state index in [1.807, 2.05) is 36.4 Å². The fourth-order valence-electron chi connectivity index (χ4n) is 1.83. The second-order valence-corrected chi connectivity index (χ2v) is 4.93. The van der Waals surface area contributed by atoms with Crippen LogP contribution in [-0.2, 0) is 6.54 Å². The zero-order valence-corrected chi connectivity index (χ0v) is 11.6. The highest BCUT2D eigenvalue weighted by Gasteiger charge is 2.14. The molecule has 5 heteroatoms. The second-order valence-electron chi connectivity index (χ2n) is 4.07. The Bertz CT molecular complexity index is 616. The molecular weight excluding hydrogens is 310 g/mol. The number of ether oxygens (including phenoxy) is 3. The van der Waals surface area contributed by atoms with Gasteiger partial charge in [-0.2, -0.15) is 0 Å². The van der Waals surface area contributed by atoms with Gasteiger partial charge in [-0.1, -0.05) is 22.0 Å². The Kier molecular flexibility index (Phi) is 3.31. The number of rotatable bonds is 3. The first-order chi connectivity index (χ1) is 9.26. The summed E-state index contributed by atoms with van der Waals surface area (Å²) in [5.41, 5.74) is 6.65. The van der Waals surface area contributed by atoms with Crippen LogP contribution in [0.15, 0.2) is 40.9 Å². The van der Waals surface area contributed by atoms with E-state index in [-0.39, 0.29) is 6.79 Å². The summed E-state index contributed by atoms with van der Waals surface area (Å²) >= 11 is 3.47. The molecule has 0 saturated heterocycles. The third-order valence-corrected chi connectivity index (χ3v) is 3.56. The van der Waals surface area contributed by atoms with E-state index in [4.69, 9.17) is 19.9 Å². The van der Waals surface area contributed by atoms with E-state index >= 15 is 0 Å². The largest absolute Gasteiger partial charge is 0.457 e. The van der Waals surface area contributed by atoms with Gasteiger partial charge in [0.1, 0.15) is 11.5 Å². The van der Waals surface area contributed by atoms with Crippen molar-refractivity contribution in [2.24, 2.45) is 5.73 Å². The minimum Gasteiger partial charge on any atom is -0.457 e. The molecular formula is C14H12BrNO3. The molecule has 0 atom stereocenters. The molecule has 0 saturated carbocycles. The van der Waals surface area contributed by atoms with Gasteiger partial charge in [0.2, 0.25) is 6.79 Å². The van der Waals surface area contributed by atoms with Crippen molar-refractivity contribution in [2.45, 2.75) is 6.54 Å². The number of hydrogen-bond acceptors (Lipinski definition) is 4. The van der Waals surface area contributed by atoms with Crippen molar-refractivity contribution >= 4 is 15.9 Å². The van der Waals surface area contributed by atoms with E-state index < -0.39 is 0 Å². The smallest absolute Gasteiger partial charge is 0.231 e. The van der Waals surface area contributed by atoms with Crippen molar-refractivity contribution in [3.05, 3.63) is 46.4 Å². The minimum atomic E-state index is 0.259. The lowest BCUT2D eigenvalue weighted by molar-refractivity contribution is 0.174. The summed E-state index contributed by atoms with van der Waals surface area (Å²) in [5.74, 6) is 2.89. The fourth-order valence-corrected chi connectivity index (χ4v) is 2.35. The summed E-state index contributed by atoms with van der Waals surface area (Å²) in [4.78, 5) is 0. The first-order valence-corrected chi connectivity index (χ1v) is 6.61. The summed E-state index contributed by atoms with van der Waals surface area (Å²) in [6.45, 7) is 0.750. The quantitative estimate of drug-likeness (QED) is 0.941. The van der Waals surface area contributed by atoms with Crippen molar-refractivity contribution in [1.29, 1.82) is 0 Å². The standard InChI is InChI=1S/C14H12BrNO3/c15-12-5-10(2-1-9(12)7-16)19-11-3-4-13-14(6-11)18-8-17-13/h1-6H,7-8,16H2. The van der Waals surface area contributed by atoms with Crippen LogP contribution in [-0.4, -0.2) is 6.79 Å². The second kappa shape index (κ2) is 5.11. The molecule has 2 N–H and O–H groups in total. The van der Waals surface area contributed by atoms with Crippen LogP contribution < -0.4 is 19.9 Å².